The number of carbonyl (C=O) groups excluding carboxylic acids is 1. The average molecular weight is 261 g/mol. The summed E-state index contributed by atoms with van der Waals surface area (Å²) in [6, 6.07) is 6.44. The molecule has 0 bridgehead atoms. The van der Waals surface area contributed by atoms with Gasteiger partial charge in [-0.05, 0) is 37.0 Å². The third-order valence-corrected chi connectivity index (χ3v) is 3.58. The van der Waals surface area contributed by atoms with Crippen LogP contribution in [0.2, 0.25) is 0 Å². The first-order valence-electron chi connectivity index (χ1n) is 7.08. The fourth-order valence-electron chi connectivity index (χ4n) is 2.61. The van der Waals surface area contributed by atoms with E-state index in [1.54, 1.807) is 0 Å². The van der Waals surface area contributed by atoms with Crippen LogP contribution in [0.1, 0.15) is 30.9 Å². The first-order chi connectivity index (χ1) is 9.24. The molecule has 0 aliphatic carbocycles. The van der Waals surface area contributed by atoms with Crippen molar-refractivity contribution >= 4 is 11.6 Å². The molecule has 0 saturated heterocycles. The lowest BCUT2D eigenvalue weighted by molar-refractivity contribution is -0.120. The van der Waals surface area contributed by atoms with E-state index in [2.05, 4.69) is 28.4 Å². The minimum absolute atomic E-state index is 0.133. The summed E-state index contributed by atoms with van der Waals surface area (Å²) in [5.74, 6) is 0.133. The van der Waals surface area contributed by atoms with Gasteiger partial charge in [0.1, 0.15) is 0 Å². The molecule has 1 aliphatic rings. The Morgan fingerprint density at radius 1 is 1.47 bits per heavy atom. The Bertz CT molecular complexity index is 445. The van der Waals surface area contributed by atoms with E-state index in [0.29, 0.717) is 19.5 Å². The van der Waals surface area contributed by atoms with Crippen LogP contribution in [0.5, 0.6) is 0 Å². The first kappa shape index (κ1) is 13.9. The lowest BCUT2D eigenvalue weighted by Gasteiger charge is -2.31. The molecular weight excluding hydrogens is 238 g/mol. The van der Waals surface area contributed by atoms with Crippen LogP contribution in [0.15, 0.2) is 18.2 Å². The average Bonchev–Trinajstić information content (AvgIpc) is 2.44. The summed E-state index contributed by atoms with van der Waals surface area (Å²) in [5.41, 5.74) is 9.50. The first-order valence-corrected chi connectivity index (χ1v) is 7.08. The Labute approximate surface area is 115 Å². The summed E-state index contributed by atoms with van der Waals surface area (Å²) in [5, 5.41) is 2.85. The number of nitrogens with two attached hydrogens (primary N) is 1. The second-order valence-corrected chi connectivity index (χ2v) is 4.96. The van der Waals surface area contributed by atoms with E-state index >= 15 is 0 Å². The molecule has 4 heteroatoms. The van der Waals surface area contributed by atoms with Crippen molar-refractivity contribution in [1.29, 1.82) is 0 Å². The maximum absolute atomic E-state index is 11.5. The van der Waals surface area contributed by atoms with Crippen LogP contribution >= 0.6 is 0 Å². The van der Waals surface area contributed by atoms with Gasteiger partial charge in [-0.15, -0.1) is 0 Å². The van der Waals surface area contributed by atoms with Crippen LogP contribution in [0.4, 0.5) is 5.69 Å². The third kappa shape index (κ3) is 3.47. The standard InChI is InChI=1S/C15H23N3O/c1-2-17-15(19)7-9-18-8-3-4-13-10-12(11-16)5-6-14(13)18/h5-6,10H,2-4,7-9,11,16H2,1H3,(H,17,19). The number of carbonyl (C=O) groups is 1. The molecule has 2 rings (SSSR count). The number of amides is 1. The monoisotopic (exact) mass is 261 g/mol. The second kappa shape index (κ2) is 6.57. The van der Waals surface area contributed by atoms with Crippen molar-refractivity contribution in [3.8, 4) is 0 Å². The summed E-state index contributed by atoms with van der Waals surface area (Å²) in [7, 11) is 0. The van der Waals surface area contributed by atoms with Gasteiger partial charge in [0, 0.05) is 38.3 Å². The van der Waals surface area contributed by atoms with E-state index in [0.717, 1.165) is 25.9 Å². The predicted molar refractivity (Wildman–Crippen MR) is 78.2 cm³/mol. The number of hydrogen-bond acceptors (Lipinski definition) is 3. The van der Waals surface area contributed by atoms with Gasteiger partial charge in [0.05, 0.1) is 0 Å². The largest absolute Gasteiger partial charge is 0.371 e. The summed E-state index contributed by atoms with van der Waals surface area (Å²) < 4.78 is 0. The number of nitrogens with one attached hydrogen (secondary N) is 1. The van der Waals surface area contributed by atoms with Crippen LogP contribution in [-0.4, -0.2) is 25.5 Å². The Balaban J connectivity index is 2.03. The Hall–Kier alpha value is -1.55. The van der Waals surface area contributed by atoms with Gasteiger partial charge in [-0.25, -0.2) is 0 Å². The highest BCUT2D eigenvalue weighted by Gasteiger charge is 2.17. The number of rotatable bonds is 5. The van der Waals surface area contributed by atoms with Crippen molar-refractivity contribution in [3.05, 3.63) is 29.3 Å². The van der Waals surface area contributed by atoms with E-state index in [4.69, 9.17) is 5.73 Å². The molecule has 1 aromatic rings. The molecule has 0 radical (unpaired) electrons. The number of nitrogens with zero attached hydrogens (tertiary/aromatic N) is 1. The molecule has 1 aromatic carbocycles. The lowest BCUT2D eigenvalue weighted by atomic mass is 9.99. The molecule has 0 saturated carbocycles. The van der Waals surface area contributed by atoms with Crippen molar-refractivity contribution in [3.63, 3.8) is 0 Å². The molecule has 0 aromatic heterocycles. The minimum Gasteiger partial charge on any atom is -0.371 e. The number of benzene rings is 1. The molecule has 104 valence electrons. The predicted octanol–water partition coefficient (Wildman–Crippen LogP) is 1.42. The fourth-order valence-corrected chi connectivity index (χ4v) is 2.61. The van der Waals surface area contributed by atoms with Gasteiger partial charge in [-0.2, -0.15) is 0 Å². The van der Waals surface area contributed by atoms with Crippen molar-refractivity contribution in [2.75, 3.05) is 24.5 Å². The highest BCUT2D eigenvalue weighted by Crippen LogP contribution is 2.28. The molecule has 0 spiro atoms. The highest BCUT2D eigenvalue weighted by atomic mass is 16.1. The van der Waals surface area contributed by atoms with E-state index in [-0.39, 0.29) is 5.91 Å². The molecular formula is C15H23N3O. The molecule has 0 fully saturated rings. The van der Waals surface area contributed by atoms with Crippen LogP contribution in [0.3, 0.4) is 0 Å². The lowest BCUT2D eigenvalue weighted by Crippen LogP contribution is -2.34. The smallest absolute Gasteiger partial charge is 0.221 e. The van der Waals surface area contributed by atoms with Gasteiger partial charge < -0.3 is 16.0 Å². The molecule has 4 nitrogen and oxygen atoms in total. The Kier molecular flexibility index (Phi) is 4.80. The van der Waals surface area contributed by atoms with E-state index in [9.17, 15) is 4.79 Å². The quantitative estimate of drug-likeness (QED) is 0.843. The summed E-state index contributed by atoms with van der Waals surface area (Å²) in [4.78, 5) is 13.9. The van der Waals surface area contributed by atoms with Crippen LogP contribution in [0.25, 0.3) is 0 Å². The third-order valence-electron chi connectivity index (χ3n) is 3.58. The summed E-state index contributed by atoms with van der Waals surface area (Å²) >= 11 is 0. The van der Waals surface area contributed by atoms with Crippen molar-refractivity contribution in [1.82, 2.24) is 5.32 Å². The number of anilines is 1. The SMILES string of the molecule is CCNC(=O)CCN1CCCc2cc(CN)ccc21. The maximum Gasteiger partial charge on any atom is 0.221 e. The zero-order chi connectivity index (χ0) is 13.7. The molecule has 1 aliphatic heterocycles. The maximum atomic E-state index is 11.5. The minimum atomic E-state index is 0.133. The second-order valence-electron chi connectivity index (χ2n) is 4.96. The summed E-state index contributed by atoms with van der Waals surface area (Å²) in [6.45, 7) is 5.07. The molecule has 0 atom stereocenters. The van der Waals surface area contributed by atoms with Gasteiger partial charge in [0.25, 0.3) is 0 Å². The van der Waals surface area contributed by atoms with E-state index < -0.39 is 0 Å². The van der Waals surface area contributed by atoms with Gasteiger partial charge >= 0.3 is 0 Å². The summed E-state index contributed by atoms with van der Waals surface area (Å²) in [6.07, 6.45) is 2.82. The van der Waals surface area contributed by atoms with Gasteiger partial charge in [-0.1, -0.05) is 12.1 Å². The topological polar surface area (TPSA) is 58.4 Å². The molecule has 1 amide bonds. The fraction of sp³-hybridized carbons (Fsp3) is 0.533. The van der Waals surface area contributed by atoms with Gasteiger partial charge in [0.15, 0.2) is 0 Å². The van der Waals surface area contributed by atoms with E-state index in [1.807, 2.05) is 6.92 Å². The Morgan fingerprint density at radius 2 is 2.32 bits per heavy atom. The molecule has 3 N–H and O–H groups in total. The highest BCUT2D eigenvalue weighted by molar-refractivity contribution is 5.76. The van der Waals surface area contributed by atoms with Gasteiger partial charge in [0.2, 0.25) is 5.91 Å². The molecule has 19 heavy (non-hydrogen) atoms. The van der Waals surface area contributed by atoms with Gasteiger partial charge in [-0.3, -0.25) is 4.79 Å². The van der Waals surface area contributed by atoms with Crippen LogP contribution < -0.4 is 16.0 Å². The van der Waals surface area contributed by atoms with Crippen molar-refractivity contribution in [2.45, 2.75) is 32.7 Å². The zero-order valence-corrected chi connectivity index (χ0v) is 11.6. The zero-order valence-electron chi connectivity index (χ0n) is 11.6. The number of hydrogen-bond donors (Lipinski definition) is 2. The van der Waals surface area contributed by atoms with Crippen LogP contribution in [0, 0.1) is 0 Å². The normalized spacial score (nSPS) is 14.1. The molecule has 1 heterocycles. The number of aryl methyl sites for hydroxylation is 1. The van der Waals surface area contributed by atoms with Crippen molar-refractivity contribution in [2.24, 2.45) is 5.73 Å². The van der Waals surface area contributed by atoms with Crippen LogP contribution in [-0.2, 0) is 17.8 Å². The molecule has 0 unspecified atom stereocenters. The Morgan fingerprint density at radius 3 is 3.05 bits per heavy atom. The van der Waals surface area contributed by atoms with Crippen molar-refractivity contribution < 1.29 is 4.79 Å². The van der Waals surface area contributed by atoms with E-state index in [1.165, 1.54) is 16.8 Å². The number of fused-ring (bicyclic) bond motifs is 1.